The highest BCUT2D eigenvalue weighted by molar-refractivity contribution is 6.42. The molecule has 0 spiro atoms. The van der Waals surface area contributed by atoms with Crippen LogP contribution in [0.2, 0.25) is 15.1 Å². The standard InChI is InChI=1S/C24H13Cl3N6O/c25-19-4-3-17(9-20(19)26)34-23-6-2-16(8-21(23)27)33-24-18-7-15(30-12-14(10-28)11-29)1-5-22(18)31-13-32-24/h1-9,12-13,30H,(H,31,32,33). The van der Waals surface area contributed by atoms with Gasteiger partial charge in [-0.2, -0.15) is 10.5 Å². The van der Waals surface area contributed by atoms with Crippen molar-refractivity contribution in [3.8, 4) is 23.6 Å². The minimum atomic E-state index is -0.0411. The monoisotopic (exact) mass is 506 g/mol. The molecule has 2 N–H and O–H groups in total. The molecule has 166 valence electrons. The highest BCUT2D eigenvalue weighted by atomic mass is 35.5. The van der Waals surface area contributed by atoms with Crippen molar-refractivity contribution >= 4 is 62.9 Å². The van der Waals surface area contributed by atoms with E-state index < -0.39 is 0 Å². The van der Waals surface area contributed by atoms with E-state index in [1.165, 1.54) is 12.5 Å². The summed E-state index contributed by atoms with van der Waals surface area (Å²) in [5.41, 5.74) is 2.01. The molecule has 34 heavy (non-hydrogen) atoms. The number of nitrogens with one attached hydrogen (secondary N) is 2. The Labute approximate surface area is 209 Å². The first-order valence-electron chi connectivity index (χ1n) is 9.68. The van der Waals surface area contributed by atoms with Crippen molar-refractivity contribution in [2.45, 2.75) is 0 Å². The molecule has 0 radical (unpaired) electrons. The second kappa shape index (κ2) is 10.3. The van der Waals surface area contributed by atoms with Crippen LogP contribution in [-0.4, -0.2) is 9.97 Å². The Hall–Kier alpha value is -4.01. The van der Waals surface area contributed by atoms with Gasteiger partial charge in [0.25, 0.3) is 0 Å². The molecule has 0 saturated heterocycles. The molecule has 0 aliphatic carbocycles. The van der Waals surface area contributed by atoms with Gasteiger partial charge in [0.2, 0.25) is 0 Å². The van der Waals surface area contributed by atoms with Gasteiger partial charge in [0.15, 0.2) is 0 Å². The zero-order valence-electron chi connectivity index (χ0n) is 17.2. The van der Waals surface area contributed by atoms with Crippen molar-refractivity contribution < 1.29 is 4.74 Å². The Kier molecular flexibility index (Phi) is 7.01. The van der Waals surface area contributed by atoms with Crippen molar-refractivity contribution in [2.24, 2.45) is 0 Å². The fourth-order valence-electron chi connectivity index (χ4n) is 2.96. The zero-order chi connectivity index (χ0) is 24.1. The minimum absolute atomic E-state index is 0.0411. The number of aromatic nitrogens is 2. The molecule has 1 heterocycles. The van der Waals surface area contributed by atoms with Crippen LogP contribution in [0.25, 0.3) is 10.9 Å². The molecular weight excluding hydrogens is 495 g/mol. The van der Waals surface area contributed by atoms with Crippen molar-refractivity contribution in [3.63, 3.8) is 0 Å². The van der Waals surface area contributed by atoms with Crippen molar-refractivity contribution in [3.05, 3.63) is 87.8 Å². The first-order chi connectivity index (χ1) is 16.5. The van der Waals surface area contributed by atoms with Gasteiger partial charge in [-0.3, -0.25) is 0 Å². The maximum Gasteiger partial charge on any atom is 0.146 e. The summed E-state index contributed by atoms with van der Waals surface area (Å²) in [6.45, 7) is 0. The second-order valence-electron chi connectivity index (χ2n) is 6.83. The lowest BCUT2D eigenvalue weighted by molar-refractivity contribution is 0.483. The number of anilines is 3. The van der Waals surface area contributed by atoms with Crippen LogP contribution >= 0.6 is 34.8 Å². The lowest BCUT2D eigenvalue weighted by atomic mass is 10.2. The third-order valence-electron chi connectivity index (χ3n) is 4.57. The van der Waals surface area contributed by atoms with E-state index in [0.29, 0.717) is 49.3 Å². The Morgan fingerprint density at radius 2 is 1.65 bits per heavy atom. The average Bonchev–Trinajstić information content (AvgIpc) is 2.84. The Morgan fingerprint density at radius 3 is 2.38 bits per heavy atom. The van der Waals surface area contributed by atoms with Crippen molar-refractivity contribution in [1.29, 1.82) is 10.5 Å². The predicted octanol–water partition coefficient (Wildman–Crippen LogP) is 7.47. The van der Waals surface area contributed by atoms with E-state index in [1.54, 1.807) is 60.7 Å². The van der Waals surface area contributed by atoms with E-state index in [1.807, 2.05) is 6.07 Å². The molecule has 0 atom stereocenters. The number of allylic oxidation sites excluding steroid dienone is 1. The lowest BCUT2D eigenvalue weighted by Gasteiger charge is -2.12. The first kappa shape index (κ1) is 23.2. The predicted molar refractivity (Wildman–Crippen MR) is 134 cm³/mol. The topological polar surface area (TPSA) is 107 Å². The summed E-state index contributed by atoms with van der Waals surface area (Å²) >= 11 is 18.4. The summed E-state index contributed by atoms with van der Waals surface area (Å²) in [4.78, 5) is 8.62. The fraction of sp³-hybridized carbons (Fsp3) is 0. The summed E-state index contributed by atoms with van der Waals surface area (Å²) in [6.07, 6.45) is 2.79. The zero-order valence-corrected chi connectivity index (χ0v) is 19.4. The maximum absolute atomic E-state index is 8.89. The highest BCUT2D eigenvalue weighted by Gasteiger charge is 2.10. The molecule has 1 aromatic heterocycles. The van der Waals surface area contributed by atoms with E-state index >= 15 is 0 Å². The van der Waals surface area contributed by atoms with Gasteiger partial charge in [-0.1, -0.05) is 34.8 Å². The first-order valence-corrected chi connectivity index (χ1v) is 10.8. The van der Waals surface area contributed by atoms with Gasteiger partial charge >= 0.3 is 0 Å². The molecule has 4 rings (SSSR count). The van der Waals surface area contributed by atoms with Gasteiger partial charge in [-0.05, 0) is 48.5 Å². The van der Waals surface area contributed by atoms with Crippen LogP contribution < -0.4 is 15.4 Å². The van der Waals surface area contributed by atoms with Crippen LogP contribution in [-0.2, 0) is 0 Å². The molecule has 0 fully saturated rings. The molecule has 7 nitrogen and oxygen atoms in total. The van der Waals surface area contributed by atoms with Gasteiger partial charge in [-0.25, -0.2) is 9.97 Å². The maximum atomic E-state index is 8.89. The summed E-state index contributed by atoms with van der Waals surface area (Å²) in [7, 11) is 0. The fourth-order valence-corrected chi connectivity index (χ4v) is 3.46. The highest BCUT2D eigenvalue weighted by Crippen LogP contribution is 2.35. The van der Waals surface area contributed by atoms with Crippen molar-refractivity contribution in [1.82, 2.24) is 9.97 Å². The molecule has 3 aromatic carbocycles. The normalized spacial score (nSPS) is 10.1. The molecule has 0 aliphatic heterocycles. The van der Waals surface area contributed by atoms with Gasteiger partial charge in [0.1, 0.15) is 41.4 Å². The van der Waals surface area contributed by atoms with Gasteiger partial charge < -0.3 is 15.4 Å². The Bertz CT molecular complexity index is 1490. The third kappa shape index (κ3) is 5.31. The molecular formula is C24H13Cl3N6O. The van der Waals surface area contributed by atoms with Crippen LogP contribution in [0, 0.1) is 22.7 Å². The Balaban J connectivity index is 1.58. The van der Waals surface area contributed by atoms with E-state index in [2.05, 4.69) is 20.6 Å². The molecule has 0 bridgehead atoms. The van der Waals surface area contributed by atoms with Crippen LogP contribution in [0.5, 0.6) is 11.5 Å². The quantitative estimate of drug-likeness (QED) is 0.261. The van der Waals surface area contributed by atoms with Gasteiger partial charge in [0, 0.05) is 29.0 Å². The molecule has 4 aromatic rings. The number of hydrogen-bond acceptors (Lipinski definition) is 7. The van der Waals surface area contributed by atoms with Crippen LogP contribution in [0.1, 0.15) is 0 Å². The number of hydrogen-bond donors (Lipinski definition) is 2. The third-order valence-corrected chi connectivity index (χ3v) is 5.61. The van der Waals surface area contributed by atoms with E-state index in [4.69, 9.17) is 50.1 Å². The van der Waals surface area contributed by atoms with Gasteiger partial charge in [-0.15, -0.1) is 0 Å². The number of nitrogens with zero attached hydrogens (tertiary/aromatic N) is 4. The van der Waals surface area contributed by atoms with Crippen LogP contribution in [0.15, 0.2) is 72.7 Å². The van der Waals surface area contributed by atoms with Crippen molar-refractivity contribution in [2.75, 3.05) is 10.6 Å². The Morgan fingerprint density at radius 1 is 0.853 bits per heavy atom. The molecule has 0 aliphatic rings. The summed E-state index contributed by atoms with van der Waals surface area (Å²) < 4.78 is 5.81. The second-order valence-corrected chi connectivity index (χ2v) is 8.05. The molecule has 0 unspecified atom stereocenters. The number of rotatable bonds is 6. The molecule has 0 amide bonds. The summed E-state index contributed by atoms with van der Waals surface area (Å²) in [5, 5.41) is 25.9. The minimum Gasteiger partial charge on any atom is -0.456 e. The lowest BCUT2D eigenvalue weighted by Crippen LogP contribution is -1.97. The smallest absolute Gasteiger partial charge is 0.146 e. The number of nitriles is 2. The van der Waals surface area contributed by atoms with E-state index in [0.717, 1.165) is 5.39 Å². The number of ether oxygens (including phenoxy) is 1. The SMILES string of the molecule is N#CC(C#N)=CNc1ccc2ncnc(Nc3ccc(Oc4ccc(Cl)c(Cl)c4)c(Cl)c3)c2c1. The number of halogens is 3. The van der Waals surface area contributed by atoms with E-state index in [9.17, 15) is 0 Å². The number of fused-ring (bicyclic) bond motifs is 1. The average molecular weight is 508 g/mol. The summed E-state index contributed by atoms with van der Waals surface area (Å²) in [5.74, 6) is 1.50. The van der Waals surface area contributed by atoms with Gasteiger partial charge in [0.05, 0.1) is 20.6 Å². The largest absolute Gasteiger partial charge is 0.456 e. The summed E-state index contributed by atoms with van der Waals surface area (Å²) in [6, 6.07) is 19.2. The number of benzene rings is 3. The van der Waals surface area contributed by atoms with Crippen LogP contribution in [0.3, 0.4) is 0 Å². The van der Waals surface area contributed by atoms with Crippen LogP contribution in [0.4, 0.5) is 17.2 Å². The molecule has 0 saturated carbocycles. The molecule has 10 heteroatoms. The van der Waals surface area contributed by atoms with E-state index in [-0.39, 0.29) is 5.57 Å².